The summed E-state index contributed by atoms with van der Waals surface area (Å²) in [5, 5.41) is 2.74. The van der Waals surface area contributed by atoms with Gasteiger partial charge in [0.2, 0.25) is 5.91 Å². The lowest BCUT2D eigenvalue weighted by Crippen LogP contribution is -2.23. The molecule has 17 heavy (non-hydrogen) atoms. The van der Waals surface area contributed by atoms with E-state index in [9.17, 15) is 4.79 Å². The highest BCUT2D eigenvalue weighted by atomic mass is 16.8. The fourth-order valence-electron chi connectivity index (χ4n) is 2.62. The highest BCUT2D eigenvalue weighted by Crippen LogP contribution is 2.41. The number of carbonyl (C=O) groups excluding carboxylic acids is 1. The SMILES string of the molecule is CCNC(=O)/C=C/C1C[C@@H]2OC(C)(C)O[C@@H]2C1. The average Bonchev–Trinajstić information content (AvgIpc) is 2.68. The molecule has 0 aromatic heterocycles. The number of carbonyl (C=O) groups is 1. The number of hydrogen-bond donors (Lipinski definition) is 1. The molecular formula is C13H21NO3. The number of likely N-dealkylation sites (N-methyl/N-ethyl adjacent to an activating group) is 1. The number of amides is 1. The van der Waals surface area contributed by atoms with Crippen LogP contribution in [0.1, 0.15) is 33.6 Å². The van der Waals surface area contributed by atoms with Crippen molar-refractivity contribution in [2.45, 2.75) is 51.6 Å². The molecule has 1 N–H and O–H groups in total. The van der Waals surface area contributed by atoms with Crippen molar-refractivity contribution in [3.05, 3.63) is 12.2 Å². The van der Waals surface area contributed by atoms with E-state index in [-0.39, 0.29) is 18.1 Å². The molecule has 2 fully saturated rings. The van der Waals surface area contributed by atoms with Crippen LogP contribution < -0.4 is 5.32 Å². The third-order valence-corrected chi connectivity index (χ3v) is 3.23. The van der Waals surface area contributed by atoms with Gasteiger partial charge in [0.05, 0.1) is 12.2 Å². The predicted molar refractivity (Wildman–Crippen MR) is 64.4 cm³/mol. The molecule has 2 rings (SSSR count). The van der Waals surface area contributed by atoms with Gasteiger partial charge in [-0.1, -0.05) is 6.08 Å². The molecular weight excluding hydrogens is 218 g/mol. The summed E-state index contributed by atoms with van der Waals surface area (Å²) in [6.07, 6.45) is 5.87. The third kappa shape index (κ3) is 3.07. The average molecular weight is 239 g/mol. The number of rotatable bonds is 3. The Morgan fingerprint density at radius 2 is 1.94 bits per heavy atom. The predicted octanol–water partition coefficient (Wildman–Crippen LogP) is 1.61. The summed E-state index contributed by atoms with van der Waals surface area (Å²) >= 11 is 0. The molecule has 1 saturated heterocycles. The van der Waals surface area contributed by atoms with Gasteiger partial charge in [-0.05, 0) is 45.6 Å². The summed E-state index contributed by atoms with van der Waals surface area (Å²) in [5.74, 6) is -0.0701. The van der Waals surface area contributed by atoms with Gasteiger partial charge in [0.1, 0.15) is 0 Å². The van der Waals surface area contributed by atoms with Crippen LogP contribution in [0.2, 0.25) is 0 Å². The number of allylic oxidation sites excluding steroid dienone is 1. The van der Waals surface area contributed by atoms with E-state index in [4.69, 9.17) is 9.47 Å². The Kier molecular flexibility index (Phi) is 3.54. The molecule has 0 spiro atoms. The lowest BCUT2D eigenvalue weighted by Gasteiger charge is -2.19. The quantitative estimate of drug-likeness (QED) is 0.761. The highest BCUT2D eigenvalue weighted by molar-refractivity contribution is 5.87. The minimum Gasteiger partial charge on any atom is -0.353 e. The van der Waals surface area contributed by atoms with Crippen molar-refractivity contribution < 1.29 is 14.3 Å². The van der Waals surface area contributed by atoms with Gasteiger partial charge in [-0.15, -0.1) is 0 Å². The zero-order valence-corrected chi connectivity index (χ0v) is 10.7. The maximum Gasteiger partial charge on any atom is 0.243 e. The monoisotopic (exact) mass is 239 g/mol. The Morgan fingerprint density at radius 3 is 2.47 bits per heavy atom. The summed E-state index contributed by atoms with van der Waals surface area (Å²) in [6, 6.07) is 0. The molecule has 3 atom stereocenters. The smallest absolute Gasteiger partial charge is 0.243 e. The minimum absolute atomic E-state index is 0.0215. The molecule has 0 aromatic rings. The molecule has 1 saturated carbocycles. The molecule has 1 aliphatic carbocycles. The van der Waals surface area contributed by atoms with Gasteiger partial charge in [-0.2, -0.15) is 0 Å². The number of hydrogen-bond acceptors (Lipinski definition) is 3. The molecule has 1 aliphatic heterocycles. The van der Waals surface area contributed by atoms with Crippen molar-refractivity contribution in [2.24, 2.45) is 5.92 Å². The fraction of sp³-hybridized carbons (Fsp3) is 0.769. The summed E-state index contributed by atoms with van der Waals surface area (Å²) < 4.78 is 11.6. The van der Waals surface area contributed by atoms with Gasteiger partial charge in [-0.25, -0.2) is 0 Å². The van der Waals surface area contributed by atoms with Crippen LogP contribution in [0.5, 0.6) is 0 Å². The van der Waals surface area contributed by atoms with E-state index in [0.29, 0.717) is 12.5 Å². The molecule has 4 nitrogen and oxygen atoms in total. The van der Waals surface area contributed by atoms with Crippen LogP contribution in [0, 0.1) is 5.92 Å². The standard InChI is InChI=1S/C13H21NO3/c1-4-14-12(15)6-5-9-7-10-11(8-9)17-13(2,3)16-10/h5-6,9-11H,4,7-8H2,1-3H3,(H,14,15)/b6-5+/t9?,10-,11+. The summed E-state index contributed by atoms with van der Waals surface area (Å²) in [4.78, 5) is 11.3. The van der Waals surface area contributed by atoms with Crippen molar-refractivity contribution in [2.75, 3.05) is 6.54 Å². The molecule has 1 heterocycles. The van der Waals surface area contributed by atoms with Crippen LogP contribution in [-0.4, -0.2) is 30.4 Å². The van der Waals surface area contributed by atoms with Crippen LogP contribution in [0.15, 0.2) is 12.2 Å². The first-order valence-electron chi connectivity index (χ1n) is 6.32. The lowest BCUT2D eigenvalue weighted by atomic mass is 10.1. The normalized spacial score (nSPS) is 35.1. The molecule has 0 aromatic carbocycles. The maximum absolute atomic E-state index is 11.3. The Labute approximate surface area is 102 Å². The van der Waals surface area contributed by atoms with Crippen molar-refractivity contribution in [3.8, 4) is 0 Å². The first-order valence-corrected chi connectivity index (χ1v) is 6.32. The van der Waals surface area contributed by atoms with Gasteiger partial charge in [0.15, 0.2) is 5.79 Å². The van der Waals surface area contributed by atoms with Gasteiger partial charge >= 0.3 is 0 Å². The summed E-state index contributed by atoms with van der Waals surface area (Å²) in [6.45, 7) is 6.48. The zero-order valence-electron chi connectivity index (χ0n) is 10.7. The van der Waals surface area contributed by atoms with Crippen LogP contribution >= 0.6 is 0 Å². The van der Waals surface area contributed by atoms with E-state index < -0.39 is 5.79 Å². The van der Waals surface area contributed by atoms with E-state index in [1.54, 1.807) is 6.08 Å². The van der Waals surface area contributed by atoms with E-state index in [0.717, 1.165) is 12.8 Å². The molecule has 96 valence electrons. The van der Waals surface area contributed by atoms with E-state index in [1.807, 2.05) is 26.8 Å². The molecule has 0 radical (unpaired) electrons. The first-order chi connectivity index (χ1) is 8.00. The van der Waals surface area contributed by atoms with Gasteiger partial charge in [-0.3, -0.25) is 4.79 Å². The van der Waals surface area contributed by atoms with Crippen molar-refractivity contribution >= 4 is 5.91 Å². The lowest BCUT2D eigenvalue weighted by molar-refractivity contribution is -0.152. The van der Waals surface area contributed by atoms with Crippen LogP contribution in [0.3, 0.4) is 0 Å². The van der Waals surface area contributed by atoms with Crippen molar-refractivity contribution in [1.29, 1.82) is 0 Å². The number of fused-ring (bicyclic) bond motifs is 1. The largest absolute Gasteiger partial charge is 0.353 e. The van der Waals surface area contributed by atoms with Crippen LogP contribution in [0.25, 0.3) is 0 Å². The van der Waals surface area contributed by atoms with Gasteiger partial charge in [0, 0.05) is 6.54 Å². The van der Waals surface area contributed by atoms with Crippen molar-refractivity contribution in [3.63, 3.8) is 0 Å². The molecule has 0 bridgehead atoms. The Hall–Kier alpha value is -0.870. The Bertz CT molecular complexity index is 309. The number of ether oxygens (including phenoxy) is 2. The van der Waals surface area contributed by atoms with E-state index in [1.165, 1.54) is 0 Å². The molecule has 4 heteroatoms. The number of nitrogens with one attached hydrogen (secondary N) is 1. The fourth-order valence-corrected chi connectivity index (χ4v) is 2.62. The van der Waals surface area contributed by atoms with E-state index >= 15 is 0 Å². The maximum atomic E-state index is 11.3. The second kappa shape index (κ2) is 4.78. The highest BCUT2D eigenvalue weighted by Gasteiger charge is 2.46. The topological polar surface area (TPSA) is 47.6 Å². The van der Waals surface area contributed by atoms with E-state index in [2.05, 4.69) is 5.32 Å². The third-order valence-electron chi connectivity index (χ3n) is 3.23. The molecule has 2 aliphatic rings. The van der Waals surface area contributed by atoms with Crippen LogP contribution in [0.4, 0.5) is 0 Å². The summed E-state index contributed by atoms with van der Waals surface area (Å²) in [5.41, 5.74) is 0. The second-order valence-electron chi connectivity index (χ2n) is 5.20. The van der Waals surface area contributed by atoms with Crippen molar-refractivity contribution in [1.82, 2.24) is 5.32 Å². The first kappa shape index (κ1) is 12.6. The van der Waals surface area contributed by atoms with Gasteiger partial charge in [0.25, 0.3) is 0 Å². The Morgan fingerprint density at radius 1 is 1.35 bits per heavy atom. The summed E-state index contributed by atoms with van der Waals surface area (Å²) in [7, 11) is 0. The minimum atomic E-state index is -0.441. The zero-order chi connectivity index (χ0) is 12.5. The Balaban J connectivity index is 1.83. The van der Waals surface area contributed by atoms with Crippen LogP contribution in [-0.2, 0) is 14.3 Å². The molecule has 1 amide bonds. The second-order valence-corrected chi connectivity index (χ2v) is 5.20. The van der Waals surface area contributed by atoms with Gasteiger partial charge < -0.3 is 14.8 Å². The molecule has 1 unspecified atom stereocenters.